The highest BCUT2D eigenvalue weighted by Crippen LogP contribution is 2.15. The number of piperazine rings is 1. The number of anilines is 1. The summed E-state index contributed by atoms with van der Waals surface area (Å²) in [6, 6.07) is 5.50. The molecule has 124 valence electrons. The van der Waals surface area contributed by atoms with E-state index in [0.29, 0.717) is 30.3 Å². The second kappa shape index (κ2) is 7.82. The van der Waals surface area contributed by atoms with E-state index < -0.39 is 6.04 Å². The second-order valence-corrected chi connectivity index (χ2v) is 5.53. The Balaban J connectivity index is 2.01. The van der Waals surface area contributed by atoms with E-state index in [1.165, 1.54) is 4.90 Å². The predicted molar refractivity (Wildman–Crippen MR) is 87.3 cm³/mol. The second-order valence-electron chi connectivity index (χ2n) is 5.09. The monoisotopic (exact) mass is 338 g/mol. The highest BCUT2D eigenvalue weighted by atomic mass is 35.5. The van der Waals surface area contributed by atoms with Gasteiger partial charge in [-0.3, -0.25) is 9.59 Å². The van der Waals surface area contributed by atoms with Crippen molar-refractivity contribution in [2.24, 2.45) is 0 Å². The third-order valence-corrected chi connectivity index (χ3v) is 3.68. The lowest BCUT2D eigenvalue weighted by Crippen LogP contribution is -2.60. The van der Waals surface area contributed by atoms with Crippen LogP contribution in [0.5, 0.6) is 0 Å². The molecule has 1 aromatic carbocycles. The summed E-state index contributed by atoms with van der Waals surface area (Å²) in [4.78, 5) is 37.6. The molecule has 23 heavy (non-hydrogen) atoms. The average Bonchev–Trinajstić information content (AvgIpc) is 2.52. The molecule has 1 fully saturated rings. The molecule has 0 saturated carbocycles. The number of hydrogen-bond acceptors (Lipinski definition) is 3. The van der Waals surface area contributed by atoms with Crippen LogP contribution in [0.3, 0.4) is 0 Å². The van der Waals surface area contributed by atoms with Gasteiger partial charge in [0.2, 0.25) is 11.8 Å². The van der Waals surface area contributed by atoms with E-state index >= 15 is 0 Å². The Labute approximate surface area is 139 Å². The van der Waals surface area contributed by atoms with Gasteiger partial charge in [0.25, 0.3) is 0 Å². The molecule has 1 atom stereocenters. The number of carbonyl (C=O) groups excluding carboxylic acids is 3. The molecule has 1 heterocycles. The van der Waals surface area contributed by atoms with Crippen molar-refractivity contribution in [1.29, 1.82) is 0 Å². The van der Waals surface area contributed by atoms with E-state index in [1.54, 1.807) is 31.2 Å². The molecule has 1 aromatic rings. The zero-order valence-corrected chi connectivity index (χ0v) is 13.5. The van der Waals surface area contributed by atoms with Crippen LogP contribution in [0.4, 0.5) is 10.5 Å². The number of amides is 4. The number of halogens is 1. The smallest absolute Gasteiger partial charge is 0.318 e. The summed E-state index contributed by atoms with van der Waals surface area (Å²) in [5.41, 5.74) is 0.583. The Kier molecular flexibility index (Phi) is 5.81. The maximum Gasteiger partial charge on any atom is 0.318 e. The fourth-order valence-electron chi connectivity index (χ4n) is 2.33. The van der Waals surface area contributed by atoms with Gasteiger partial charge in [-0.15, -0.1) is 0 Å². The minimum Gasteiger partial charge on any atom is -0.353 e. The molecule has 1 aliphatic rings. The molecule has 3 N–H and O–H groups in total. The van der Waals surface area contributed by atoms with Gasteiger partial charge in [-0.2, -0.15) is 0 Å². The Morgan fingerprint density at radius 3 is 2.70 bits per heavy atom. The van der Waals surface area contributed by atoms with Gasteiger partial charge in [0.15, 0.2) is 0 Å². The van der Waals surface area contributed by atoms with Crippen LogP contribution in [0.2, 0.25) is 5.02 Å². The van der Waals surface area contributed by atoms with E-state index in [9.17, 15) is 14.4 Å². The summed E-state index contributed by atoms with van der Waals surface area (Å²) in [6.07, 6.45) is -0.106. The molecule has 0 aliphatic carbocycles. The van der Waals surface area contributed by atoms with Crippen LogP contribution in [-0.4, -0.2) is 48.4 Å². The molecule has 1 saturated heterocycles. The van der Waals surface area contributed by atoms with Gasteiger partial charge < -0.3 is 20.9 Å². The minimum atomic E-state index is -0.817. The molecule has 2 rings (SSSR count). The first kappa shape index (κ1) is 17.1. The van der Waals surface area contributed by atoms with Crippen LogP contribution >= 0.6 is 11.6 Å². The largest absolute Gasteiger partial charge is 0.353 e. The predicted octanol–water partition coefficient (Wildman–Crippen LogP) is 1.20. The maximum atomic E-state index is 12.2. The number of benzene rings is 1. The normalized spacial score (nSPS) is 17.4. The quantitative estimate of drug-likeness (QED) is 0.770. The van der Waals surface area contributed by atoms with Crippen LogP contribution in [-0.2, 0) is 9.59 Å². The molecule has 0 bridgehead atoms. The van der Waals surface area contributed by atoms with Crippen molar-refractivity contribution in [3.8, 4) is 0 Å². The van der Waals surface area contributed by atoms with E-state index in [1.807, 2.05) is 0 Å². The Hall–Kier alpha value is -2.28. The first-order chi connectivity index (χ1) is 11.0. The Bertz CT molecular complexity index is 591. The number of nitrogens with zero attached hydrogens (tertiary/aromatic N) is 1. The van der Waals surface area contributed by atoms with Gasteiger partial charge in [-0.1, -0.05) is 11.6 Å². The summed E-state index contributed by atoms with van der Waals surface area (Å²) >= 11 is 5.79. The van der Waals surface area contributed by atoms with Crippen LogP contribution in [0, 0.1) is 0 Å². The standard InChI is InChI=1S/C15H19ClN4O3/c1-2-17-15(23)20-8-7-18-14(22)12(20)9-13(21)19-11-5-3-10(16)4-6-11/h3-6,12H,2,7-9H2,1H3,(H,17,23)(H,18,22)(H,19,21). The summed E-state index contributed by atoms with van der Waals surface area (Å²) in [5, 5.41) is 8.59. The fraction of sp³-hybridized carbons (Fsp3) is 0.400. The summed E-state index contributed by atoms with van der Waals surface area (Å²) < 4.78 is 0. The van der Waals surface area contributed by atoms with Gasteiger partial charge in [0.05, 0.1) is 6.42 Å². The van der Waals surface area contributed by atoms with Crippen LogP contribution in [0.15, 0.2) is 24.3 Å². The molecule has 8 heteroatoms. The van der Waals surface area contributed by atoms with Crippen molar-refractivity contribution in [1.82, 2.24) is 15.5 Å². The lowest BCUT2D eigenvalue weighted by Gasteiger charge is -2.34. The highest BCUT2D eigenvalue weighted by molar-refractivity contribution is 6.30. The lowest BCUT2D eigenvalue weighted by molar-refractivity contribution is -0.131. The third-order valence-electron chi connectivity index (χ3n) is 3.43. The van der Waals surface area contributed by atoms with Gasteiger partial charge in [0.1, 0.15) is 6.04 Å². The SMILES string of the molecule is CCNC(=O)N1CCNC(=O)C1CC(=O)Nc1ccc(Cl)cc1. The van der Waals surface area contributed by atoms with E-state index in [-0.39, 0.29) is 24.3 Å². The number of urea groups is 1. The van der Waals surface area contributed by atoms with Crippen molar-refractivity contribution >= 4 is 35.1 Å². The molecular formula is C15H19ClN4O3. The molecule has 0 spiro atoms. The molecule has 7 nitrogen and oxygen atoms in total. The Morgan fingerprint density at radius 1 is 1.35 bits per heavy atom. The summed E-state index contributed by atoms with van der Waals surface area (Å²) in [5.74, 6) is -0.669. The Morgan fingerprint density at radius 2 is 2.04 bits per heavy atom. The number of nitrogens with one attached hydrogen (secondary N) is 3. The van der Waals surface area contributed by atoms with Crippen LogP contribution in [0.1, 0.15) is 13.3 Å². The minimum absolute atomic E-state index is 0.106. The zero-order valence-electron chi connectivity index (χ0n) is 12.8. The molecule has 4 amide bonds. The van der Waals surface area contributed by atoms with Crippen molar-refractivity contribution in [3.63, 3.8) is 0 Å². The molecule has 1 aliphatic heterocycles. The van der Waals surface area contributed by atoms with E-state index in [0.717, 1.165) is 0 Å². The van der Waals surface area contributed by atoms with Crippen molar-refractivity contribution in [2.45, 2.75) is 19.4 Å². The topological polar surface area (TPSA) is 90.5 Å². The first-order valence-electron chi connectivity index (χ1n) is 7.39. The molecule has 0 aromatic heterocycles. The number of carbonyl (C=O) groups is 3. The van der Waals surface area contributed by atoms with Crippen molar-refractivity contribution in [3.05, 3.63) is 29.3 Å². The van der Waals surface area contributed by atoms with E-state index in [2.05, 4.69) is 16.0 Å². The highest BCUT2D eigenvalue weighted by Gasteiger charge is 2.34. The van der Waals surface area contributed by atoms with Gasteiger partial charge in [0, 0.05) is 30.3 Å². The van der Waals surface area contributed by atoms with Gasteiger partial charge in [-0.05, 0) is 31.2 Å². The first-order valence-corrected chi connectivity index (χ1v) is 7.76. The molecule has 0 radical (unpaired) electrons. The summed E-state index contributed by atoms with van der Waals surface area (Å²) in [6.45, 7) is 3.01. The average molecular weight is 339 g/mol. The van der Waals surface area contributed by atoms with Gasteiger partial charge >= 0.3 is 6.03 Å². The van der Waals surface area contributed by atoms with Crippen molar-refractivity contribution < 1.29 is 14.4 Å². The van der Waals surface area contributed by atoms with E-state index in [4.69, 9.17) is 11.6 Å². The van der Waals surface area contributed by atoms with Gasteiger partial charge in [-0.25, -0.2) is 4.79 Å². The fourth-order valence-corrected chi connectivity index (χ4v) is 2.46. The molecule has 1 unspecified atom stereocenters. The summed E-state index contributed by atoms with van der Waals surface area (Å²) in [7, 11) is 0. The van der Waals surface area contributed by atoms with Crippen molar-refractivity contribution in [2.75, 3.05) is 25.0 Å². The van der Waals surface area contributed by atoms with Crippen LogP contribution in [0.25, 0.3) is 0 Å². The molecular weight excluding hydrogens is 320 g/mol. The van der Waals surface area contributed by atoms with Crippen LogP contribution < -0.4 is 16.0 Å². The number of hydrogen-bond donors (Lipinski definition) is 3. The third kappa shape index (κ3) is 4.59. The zero-order chi connectivity index (χ0) is 16.8. The lowest BCUT2D eigenvalue weighted by atomic mass is 10.1. The maximum absolute atomic E-state index is 12.2. The number of rotatable bonds is 4.